The second kappa shape index (κ2) is 4.12. The van der Waals surface area contributed by atoms with E-state index in [4.69, 9.17) is 11.6 Å². The molecule has 1 aromatic rings. The van der Waals surface area contributed by atoms with Crippen molar-refractivity contribution in [1.82, 2.24) is 5.32 Å². The smallest absolute Gasteiger partial charge is 0.0348 e. The van der Waals surface area contributed by atoms with Gasteiger partial charge in [0.1, 0.15) is 0 Å². The van der Waals surface area contributed by atoms with Gasteiger partial charge in [0.05, 0.1) is 0 Å². The number of benzene rings is 1. The first-order valence-electron chi connectivity index (χ1n) is 4.76. The fraction of sp³-hybridized carbons (Fsp3) is 0.455. The maximum absolute atomic E-state index is 5.60. The van der Waals surface area contributed by atoms with Gasteiger partial charge in [0.15, 0.2) is 0 Å². The van der Waals surface area contributed by atoms with Crippen LogP contribution >= 0.6 is 11.6 Å². The molecule has 0 radical (unpaired) electrons. The third-order valence-corrected chi connectivity index (χ3v) is 2.71. The molecule has 2 rings (SSSR count). The Bertz CT molecular complexity index is 260. The molecule has 0 unspecified atom stereocenters. The van der Waals surface area contributed by atoms with Crippen LogP contribution in [0.15, 0.2) is 30.3 Å². The molecule has 1 N–H and O–H groups in total. The van der Waals surface area contributed by atoms with Crippen LogP contribution in [0.4, 0.5) is 0 Å². The molecule has 1 saturated carbocycles. The number of nitrogens with one attached hydrogen (secondary N) is 1. The molecule has 2 atom stereocenters. The second-order valence-electron chi connectivity index (χ2n) is 3.50. The fourth-order valence-corrected chi connectivity index (χ4v) is 1.84. The van der Waals surface area contributed by atoms with E-state index in [1.807, 2.05) is 0 Å². The summed E-state index contributed by atoms with van der Waals surface area (Å²) in [4.78, 5) is 0. The van der Waals surface area contributed by atoms with Gasteiger partial charge in [-0.15, -0.1) is 11.6 Å². The van der Waals surface area contributed by atoms with Gasteiger partial charge in [0.25, 0.3) is 0 Å². The summed E-state index contributed by atoms with van der Waals surface area (Å²) in [7, 11) is 0. The third kappa shape index (κ3) is 2.23. The molecule has 0 heterocycles. The minimum absolute atomic E-state index is 0.668. The molecular weight excluding hydrogens is 182 g/mol. The van der Waals surface area contributed by atoms with E-state index in [2.05, 4.69) is 35.6 Å². The highest BCUT2D eigenvalue weighted by Crippen LogP contribution is 2.40. The Morgan fingerprint density at radius 1 is 1.31 bits per heavy atom. The highest BCUT2D eigenvalue weighted by Gasteiger charge is 2.37. The Labute approximate surface area is 84.1 Å². The molecular formula is C11H14ClN. The lowest BCUT2D eigenvalue weighted by Crippen LogP contribution is -2.20. The van der Waals surface area contributed by atoms with Gasteiger partial charge in [0.2, 0.25) is 0 Å². The van der Waals surface area contributed by atoms with Crippen molar-refractivity contribution >= 4 is 11.6 Å². The molecule has 1 fully saturated rings. The van der Waals surface area contributed by atoms with Crippen LogP contribution in [-0.4, -0.2) is 18.5 Å². The van der Waals surface area contributed by atoms with E-state index in [0.29, 0.717) is 11.9 Å². The van der Waals surface area contributed by atoms with Crippen LogP contribution in [0.5, 0.6) is 0 Å². The zero-order chi connectivity index (χ0) is 9.10. The monoisotopic (exact) mass is 195 g/mol. The topological polar surface area (TPSA) is 12.0 Å². The van der Waals surface area contributed by atoms with Gasteiger partial charge in [-0.05, 0) is 12.0 Å². The van der Waals surface area contributed by atoms with Crippen LogP contribution in [-0.2, 0) is 0 Å². The first kappa shape index (κ1) is 9.04. The average molecular weight is 196 g/mol. The Morgan fingerprint density at radius 3 is 2.77 bits per heavy atom. The molecule has 1 aliphatic carbocycles. The number of halogens is 1. The summed E-state index contributed by atoms with van der Waals surface area (Å²) < 4.78 is 0. The Balaban J connectivity index is 1.86. The van der Waals surface area contributed by atoms with Crippen LogP contribution in [0, 0.1) is 0 Å². The van der Waals surface area contributed by atoms with E-state index in [0.717, 1.165) is 12.5 Å². The SMILES string of the molecule is ClCCN[C@@H]1C[C@H]1c1ccccc1. The summed E-state index contributed by atoms with van der Waals surface area (Å²) in [5.74, 6) is 1.43. The van der Waals surface area contributed by atoms with Crippen LogP contribution in [0.2, 0.25) is 0 Å². The van der Waals surface area contributed by atoms with Gasteiger partial charge in [-0.2, -0.15) is 0 Å². The molecule has 1 aromatic carbocycles. The standard InChI is InChI=1S/C11H14ClN/c12-6-7-13-11-8-10(11)9-4-2-1-3-5-9/h1-5,10-11,13H,6-8H2/t10-,11+/m0/s1. The van der Waals surface area contributed by atoms with Crippen LogP contribution in [0.3, 0.4) is 0 Å². The van der Waals surface area contributed by atoms with Crippen molar-refractivity contribution in [3.63, 3.8) is 0 Å². The zero-order valence-corrected chi connectivity index (χ0v) is 8.30. The van der Waals surface area contributed by atoms with Crippen molar-refractivity contribution in [2.24, 2.45) is 0 Å². The van der Waals surface area contributed by atoms with Crippen molar-refractivity contribution in [1.29, 1.82) is 0 Å². The van der Waals surface area contributed by atoms with E-state index in [1.54, 1.807) is 0 Å². The molecule has 0 bridgehead atoms. The quantitative estimate of drug-likeness (QED) is 0.728. The average Bonchev–Trinajstić information content (AvgIpc) is 2.95. The summed E-state index contributed by atoms with van der Waals surface area (Å²) in [6.45, 7) is 0.926. The predicted octanol–water partition coefficient (Wildman–Crippen LogP) is 2.37. The molecule has 0 saturated heterocycles. The lowest BCUT2D eigenvalue weighted by Gasteiger charge is -2.01. The van der Waals surface area contributed by atoms with Crippen LogP contribution < -0.4 is 5.32 Å². The molecule has 2 heteroatoms. The molecule has 0 aromatic heterocycles. The zero-order valence-electron chi connectivity index (χ0n) is 7.54. The van der Waals surface area contributed by atoms with Crippen molar-refractivity contribution in [3.05, 3.63) is 35.9 Å². The summed E-state index contributed by atoms with van der Waals surface area (Å²) in [5, 5.41) is 3.42. The van der Waals surface area contributed by atoms with Gasteiger partial charge in [-0.25, -0.2) is 0 Å². The number of alkyl halides is 1. The molecule has 0 spiro atoms. The minimum Gasteiger partial charge on any atom is -0.312 e. The Morgan fingerprint density at radius 2 is 2.08 bits per heavy atom. The molecule has 13 heavy (non-hydrogen) atoms. The normalized spacial score (nSPS) is 25.9. The van der Waals surface area contributed by atoms with Crippen molar-refractivity contribution in [2.45, 2.75) is 18.4 Å². The van der Waals surface area contributed by atoms with E-state index in [1.165, 1.54) is 12.0 Å². The second-order valence-corrected chi connectivity index (χ2v) is 3.88. The van der Waals surface area contributed by atoms with Gasteiger partial charge >= 0.3 is 0 Å². The fourth-order valence-electron chi connectivity index (χ4n) is 1.73. The first-order valence-corrected chi connectivity index (χ1v) is 5.29. The Kier molecular flexibility index (Phi) is 2.87. The number of rotatable bonds is 4. The summed E-state index contributed by atoms with van der Waals surface area (Å²) in [6.07, 6.45) is 1.26. The van der Waals surface area contributed by atoms with Crippen LogP contribution in [0.1, 0.15) is 17.9 Å². The third-order valence-electron chi connectivity index (χ3n) is 2.52. The van der Waals surface area contributed by atoms with Crippen molar-refractivity contribution in [2.75, 3.05) is 12.4 Å². The van der Waals surface area contributed by atoms with E-state index < -0.39 is 0 Å². The molecule has 70 valence electrons. The van der Waals surface area contributed by atoms with Crippen LogP contribution in [0.25, 0.3) is 0 Å². The molecule has 1 nitrogen and oxygen atoms in total. The minimum atomic E-state index is 0.668. The van der Waals surface area contributed by atoms with Crippen molar-refractivity contribution < 1.29 is 0 Å². The predicted molar refractivity (Wildman–Crippen MR) is 56.3 cm³/mol. The van der Waals surface area contributed by atoms with Gasteiger partial charge < -0.3 is 5.32 Å². The molecule has 0 amide bonds. The maximum Gasteiger partial charge on any atom is 0.0348 e. The lowest BCUT2D eigenvalue weighted by molar-refractivity contribution is 0.706. The molecule has 0 aliphatic heterocycles. The largest absolute Gasteiger partial charge is 0.312 e. The summed E-state index contributed by atoms with van der Waals surface area (Å²) in [5.41, 5.74) is 1.45. The van der Waals surface area contributed by atoms with Gasteiger partial charge in [-0.1, -0.05) is 30.3 Å². The van der Waals surface area contributed by atoms with Gasteiger partial charge in [0, 0.05) is 24.4 Å². The molecule has 1 aliphatic rings. The first-order chi connectivity index (χ1) is 6.42. The lowest BCUT2D eigenvalue weighted by atomic mass is 10.1. The Hall–Kier alpha value is -0.530. The van der Waals surface area contributed by atoms with E-state index in [-0.39, 0.29) is 0 Å². The summed E-state index contributed by atoms with van der Waals surface area (Å²) >= 11 is 5.60. The maximum atomic E-state index is 5.60. The highest BCUT2D eigenvalue weighted by molar-refractivity contribution is 6.18. The number of hydrogen-bond donors (Lipinski definition) is 1. The van der Waals surface area contributed by atoms with Crippen molar-refractivity contribution in [3.8, 4) is 0 Å². The summed E-state index contributed by atoms with van der Waals surface area (Å²) in [6, 6.07) is 11.3. The van der Waals surface area contributed by atoms with Gasteiger partial charge in [-0.3, -0.25) is 0 Å². The highest BCUT2D eigenvalue weighted by atomic mass is 35.5. The van der Waals surface area contributed by atoms with E-state index >= 15 is 0 Å². The van der Waals surface area contributed by atoms with E-state index in [9.17, 15) is 0 Å². The number of hydrogen-bond acceptors (Lipinski definition) is 1.